The van der Waals surface area contributed by atoms with Gasteiger partial charge in [-0.3, -0.25) is 14.4 Å². The van der Waals surface area contributed by atoms with E-state index in [1.807, 2.05) is 13.8 Å². The first-order chi connectivity index (χ1) is 12.6. The molecule has 1 aromatic rings. The molecule has 1 rings (SSSR count). The number of Topliss-reactive ketones (excluding diaryl/α,β-unsaturated/α-hetero) is 1. The van der Waals surface area contributed by atoms with E-state index in [9.17, 15) is 14.4 Å². The van der Waals surface area contributed by atoms with Crippen LogP contribution in [0.5, 0.6) is 0 Å². The Labute approximate surface area is 163 Å². The highest BCUT2D eigenvalue weighted by atomic mass is 16.2. The van der Waals surface area contributed by atoms with Gasteiger partial charge in [0, 0.05) is 12.8 Å². The lowest BCUT2D eigenvalue weighted by atomic mass is 9.94. The zero-order valence-corrected chi connectivity index (χ0v) is 17.3. The van der Waals surface area contributed by atoms with Crippen LogP contribution in [0, 0.1) is 5.92 Å². The monoisotopic (exact) mass is 377 g/mol. The van der Waals surface area contributed by atoms with Crippen LogP contribution in [0.3, 0.4) is 0 Å². The fraction of sp³-hybridized carbons (Fsp3) is 0.571. The number of aryl methyl sites for hydroxylation is 1. The van der Waals surface area contributed by atoms with Gasteiger partial charge in [-0.2, -0.15) is 0 Å². The van der Waals surface area contributed by atoms with Crippen LogP contribution in [0.15, 0.2) is 24.3 Å². The van der Waals surface area contributed by atoms with E-state index < -0.39 is 5.54 Å². The predicted molar refractivity (Wildman–Crippen MR) is 109 cm³/mol. The van der Waals surface area contributed by atoms with Crippen LogP contribution in [0.1, 0.15) is 58.6 Å². The number of hydrogen-bond donors (Lipinski definition) is 3. The van der Waals surface area contributed by atoms with E-state index in [1.165, 1.54) is 19.4 Å². The fourth-order valence-corrected chi connectivity index (χ4v) is 2.42. The summed E-state index contributed by atoms with van der Waals surface area (Å²) in [5, 5.41) is 2.62. The van der Waals surface area contributed by atoms with Crippen molar-refractivity contribution < 1.29 is 14.4 Å². The zero-order chi connectivity index (χ0) is 21.0. The van der Waals surface area contributed by atoms with Crippen LogP contribution < -0.4 is 16.8 Å². The number of primary amides is 1. The van der Waals surface area contributed by atoms with Crippen molar-refractivity contribution in [2.45, 2.75) is 65.8 Å². The van der Waals surface area contributed by atoms with E-state index in [0.717, 1.165) is 24.9 Å². The Balaban J connectivity index is 0.000000541. The number of nitrogens with two attached hydrogens (primary N) is 2. The number of ketones is 1. The van der Waals surface area contributed by atoms with E-state index in [4.69, 9.17) is 11.5 Å². The van der Waals surface area contributed by atoms with Crippen LogP contribution in [0.25, 0.3) is 0 Å². The van der Waals surface area contributed by atoms with Crippen molar-refractivity contribution in [1.29, 1.82) is 0 Å². The highest BCUT2D eigenvalue weighted by Gasteiger charge is 2.27. The van der Waals surface area contributed by atoms with Crippen molar-refractivity contribution >= 4 is 17.6 Å². The molecule has 0 saturated heterocycles. The molecule has 1 aromatic carbocycles. The minimum Gasteiger partial charge on any atom is -0.369 e. The molecule has 2 amide bonds. The summed E-state index contributed by atoms with van der Waals surface area (Å²) >= 11 is 0. The van der Waals surface area contributed by atoms with Gasteiger partial charge in [-0.1, -0.05) is 38.1 Å². The SMILES string of the molecule is CCC(C)(NC(C)=O)C(C)=O.C[C@@H](Cc1ccc(CCCN)cc1)C(N)=O. The van der Waals surface area contributed by atoms with Crippen molar-refractivity contribution in [1.82, 2.24) is 5.32 Å². The van der Waals surface area contributed by atoms with E-state index >= 15 is 0 Å². The van der Waals surface area contributed by atoms with Gasteiger partial charge in [0.05, 0.1) is 5.54 Å². The Morgan fingerprint density at radius 2 is 1.63 bits per heavy atom. The molecule has 1 unspecified atom stereocenters. The van der Waals surface area contributed by atoms with E-state index in [1.54, 1.807) is 6.92 Å². The highest BCUT2D eigenvalue weighted by Crippen LogP contribution is 2.11. The minimum atomic E-state index is -0.675. The Kier molecular flexibility index (Phi) is 11.2. The topological polar surface area (TPSA) is 115 Å². The first-order valence-corrected chi connectivity index (χ1v) is 9.42. The molecule has 5 N–H and O–H groups in total. The molecule has 0 aliphatic heterocycles. The number of rotatable bonds is 9. The molecule has 0 spiro atoms. The number of nitrogens with one attached hydrogen (secondary N) is 1. The Hall–Kier alpha value is -2.21. The second-order valence-corrected chi connectivity index (χ2v) is 7.14. The number of amides is 2. The standard InChI is InChI=1S/C13H20N2O.C8H15NO2/c1-10(13(15)16)9-12-6-4-11(5-7-12)3-2-8-14;1-5-8(4,6(2)10)9-7(3)11/h4-7,10H,2-3,8-9,14H2,1H3,(H2,15,16);5H2,1-4H3,(H,9,11)/t10-;/m0./s1. The second-order valence-electron chi connectivity index (χ2n) is 7.14. The van der Waals surface area contributed by atoms with Crippen LogP contribution in [0.4, 0.5) is 0 Å². The van der Waals surface area contributed by atoms with Gasteiger partial charge >= 0.3 is 0 Å². The molecule has 27 heavy (non-hydrogen) atoms. The summed E-state index contributed by atoms with van der Waals surface area (Å²) in [6, 6.07) is 8.31. The number of carbonyl (C=O) groups is 3. The van der Waals surface area contributed by atoms with Crippen molar-refractivity contribution in [3.05, 3.63) is 35.4 Å². The second kappa shape index (κ2) is 12.2. The average Bonchev–Trinajstić information content (AvgIpc) is 2.60. The average molecular weight is 378 g/mol. The summed E-state index contributed by atoms with van der Waals surface area (Å²) in [5.74, 6) is -0.512. The summed E-state index contributed by atoms with van der Waals surface area (Å²) in [6.45, 7) is 9.08. The summed E-state index contributed by atoms with van der Waals surface area (Å²) in [7, 11) is 0. The Bertz CT molecular complexity index is 614. The summed E-state index contributed by atoms with van der Waals surface area (Å²) in [5.41, 5.74) is 12.5. The molecule has 0 bridgehead atoms. The van der Waals surface area contributed by atoms with Crippen LogP contribution in [0.2, 0.25) is 0 Å². The van der Waals surface area contributed by atoms with E-state index in [-0.39, 0.29) is 23.5 Å². The van der Waals surface area contributed by atoms with Gasteiger partial charge in [-0.25, -0.2) is 0 Å². The fourth-order valence-electron chi connectivity index (χ4n) is 2.42. The molecule has 0 saturated carbocycles. The highest BCUT2D eigenvalue weighted by molar-refractivity contribution is 5.90. The summed E-state index contributed by atoms with van der Waals surface area (Å²) in [4.78, 5) is 32.6. The molecule has 2 atom stereocenters. The lowest BCUT2D eigenvalue weighted by Gasteiger charge is -2.25. The van der Waals surface area contributed by atoms with Gasteiger partial charge in [0.15, 0.2) is 5.78 Å². The van der Waals surface area contributed by atoms with Crippen molar-refractivity contribution in [2.24, 2.45) is 17.4 Å². The van der Waals surface area contributed by atoms with Crippen LogP contribution in [-0.4, -0.2) is 29.7 Å². The molecule has 0 aliphatic carbocycles. The summed E-state index contributed by atoms with van der Waals surface area (Å²) < 4.78 is 0. The number of benzene rings is 1. The molecular formula is C21H35N3O3. The predicted octanol–water partition coefficient (Wildman–Crippen LogP) is 2.12. The van der Waals surface area contributed by atoms with Gasteiger partial charge in [0.1, 0.15) is 0 Å². The van der Waals surface area contributed by atoms with E-state index in [2.05, 4.69) is 29.6 Å². The van der Waals surface area contributed by atoms with Gasteiger partial charge in [0.25, 0.3) is 0 Å². The summed E-state index contributed by atoms with van der Waals surface area (Å²) in [6.07, 6.45) is 3.37. The molecule has 0 aliphatic rings. The molecule has 6 nitrogen and oxygen atoms in total. The number of hydrogen-bond acceptors (Lipinski definition) is 4. The Morgan fingerprint density at radius 1 is 1.11 bits per heavy atom. The van der Waals surface area contributed by atoms with Crippen LogP contribution >= 0.6 is 0 Å². The quantitative estimate of drug-likeness (QED) is 0.611. The third-order valence-corrected chi connectivity index (χ3v) is 4.66. The maximum absolute atomic E-state index is 11.0. The molecule has 0 fully saturated rings. The molecule has 0 aromatic heterocycles. The number of carbonyl (C=O) groups excluding carboxylic acids is 3. The smallest absolute Gasteiger partial charge is 0.220 e. The molecule has 0 radical (unpaired) electrons. The van der Waals surface area contributed by atoms with Gasteiger partial charge in [0.2, 0.25) is 11.8 Å². The third-order valence-electron chi connectivity index (χ3n) is 4.66. The lowest BCUT2D eigenvalue weighted by molar-refractivity contribution is -0.129. The maximum Gasteiger partial charge on any atom is 0.220 e. The van der Waals surface area contributed by atoms with Crippen molar-refractivity contribution in [3.8, 4) is 0 Å². The van der Waals surface area contributed by atoms with Crippen molar-refractivity contribution in [3.63, 3.8) is 0 Å². The van der Waals surface area contributed by atoms with E-state index in [0.29, 0.717) is 12.8 Å². The lowest BCUT2D eigenvalue weighted by Crippen LogP contribution is -2.49. The van der Waals surface area contributed by atoms with Gasteiger partial charge in [-0.15, -0.1) is 0 Å². The van der Waals surface area contributed by atoms with Crippen LogP contribution in [-0.2, 0) is 27.2 Å². The third kappa shape index (κ3) is 9.89. The molecule has 6 heteroatoms. The first-order valence-electron chi connectivity index (χ1n) is 9.42. The Morgan fingerprint density at radius 3 is 1.96 bits per heavy atom. The van der Waals surface area contributed by atoms with Gasteiger partial charge in [-0.05, 0) is 57.2 Å². The van der Waals surface area contributed by atoms with Gasteiger partial charge < -0.3 is 16.8 Å². The largest absolute Gasteiger partial charge is 0.369 e. The minimum absolute atomic E-state index is 0.00444. The molecular weight excluding hydrogens is 342 g/mol. The first kappa shape index (κ1) is 24.8. The molecule has 0 heterocycles. The normalized spacial score (nSPS) is 13.6. The maximum atomic E-state index is 11.0. The van der Waals surface area contributed by atoms with Crippen molar-refractivity contribution in [2.75, 3.05) is 6.54 Å². The zero-order valence-electron chi connectivity index (χ0n) is 17.3. The molecule has 152 valence electrons.